The molecular formula is C25H24BrClN4O2. The van der Waals surface area contributed by atoms with E-state index < -0.39 is 6.09 Å². The maximum Gasteiger partial charge on any atom is 0.407 e. The van der Waals surface area contributed by atoms with Crippen LogP contribution in [0.2, 0.25) is 5.28 Å². The molecule has 0 saturated carbocycles. The minimum Gasteiger partial charge on any atom is -0.465 e. The molecule has 2 saturated heterocycles. The molecule has 6 nitrogen and oxygen atoms in total. The number of hydrogen-bond donors (Lipinski definition) is 1. The quantitative estimate of drug-likeness (QED) is 0.436. The fourth-order valence-corrected chi connectivity index (χ4v) is 6.94. The van der Waals surface area contributed by atoms with Gasteiger partial charge in [-0.1, -0.05) is 46.3 Å². The van der Waals surface area contributed by atoms with Crippen LogP contribution in [0.15, 0.2) is 40.9 Å². The smallest absolute Gasteiger partial charge is 0.407 e. The van der Waals surface area contributed by atoms with E-state index in [0.717, 1.165) is 48.1 Å². The SMILES string of the molecule is O=C(O)N1C2CCC1CN(c1nc(Cl)nc3c1CCC(c1cccc4cccc(Br)c14)C3)C2. The van der Waals surface area contributed by atoms with E-state index in [9.17, 15) is 9.90 Å². The van der Waals surface area contributed by atoms with Gasteiger partial charge < -0.3 is 10.0 Å². The van der Waals surface area contributed by atoms with Gasteiger partial charge in [0.1, 0.15) is 5.82 Å². The van der Waals surface area contributed by atoms with Crippen LogP contribution in [0.25, 0.3) is 10.8 Å². The lowest BCUT2D eigenvalue weighted by molar-refractivity contribution is 0.114. The number of fused-ring (bicyclic) bond motifs is 4. The van der Waals surface area contributed by atoms with E-state index in [1.807, 2.05) is 0 Å². The fourth-order valence-electron chi connectivity index (χ4n) is 6.15. The molecule has 2 bridgehead atoms. The number of aromatic nitrogens is 2. The number of halogens is 2. The Morgan fingerprint density at radius 3 is 2.52 bits per heavy atom. The summed E-state index contributed by atoms with van der Waals surface area (Å²) in [6.45, 7) is 1.34. The summed E-state index contributed by atoms with van der Waals surface area (Å²) in [5.74, 6) is 1.27. The Balaban J connectivity index is 1.34. The minimum absolute atomic E-state index is 0.0232. The number of amides is 1. The Morgan fingerprint density at radius 1 is 1.06 bits per heavy atom. The van der Waals surface area contributed by atoms with Crippen LogP contribution in [0.3, 0.4) is 0 Å². The second-order valence-electron chi connectivity index (χ2n) is 9.35. The number of nitrogens with zero attached hydrogens (tertiary/aromatic N) is 4. The molecule has 170 valence electrons. The van der Waals surface area contributed by atoms with Gasteiger partial charge in [-0.15, -0.1) is 0 Å². The van der Waals surface area contributed by atoms with Crippen LogP contribution in [-0.4, -0.2) is 51.2 Å². The van der Waals surface area contributed by atoms with E-state index in [1.54, 1.807) is 4.90 Å². The van der Waals surface area contributed by atoms with Gasteiger partial charge in [-0.3, -0.25) is 4.90 Å². The second kappa shape index (κ2) is 8.13. The molecule has 0 radical (unpaired) electrons. The average Bonchev–Trinajstić information content (AvgIpc) is 3.08. The molecule has 1 amide bonds. The summed E-state index contributed by atoms with van der Waals surface area (Å²) in [6, 6.07) is 12.9. The van der Waals surface area contributed by atoms with Crippen LogP contribution < -0.4 is 4.90 Å². The van der Waals surface area contributed by atoms with Crippen molar-refractivity contribution >= 4 is 50.2 Å². The molecule has 3 aromatic rings. The van der Waals surface area contributed by atoms with Gasteiger partial charge in [0, 0.05) is 23.1 Å². The number of piperazine rings is 1. The van der Waals surface area contributed by atoms with Crippen LogP contribution in [0, 0.1) is 0 Å². The fraction of sp³-hybridized carbons (Fsp3) is 0.400. The Hall–Kier alpha value is -2.38. The predicted octanol–water partition coefficient (Wildman–Crippen LogP) is 5.65. The van der Waals surface area contributed by atoms with Crippen molar-refractivity contribution in [3.63, 3.8) is 0 Å². The number of rotatable bonds is 2. The molecule has 3 aliphatic rings. The van der Waals surface area contributed by atoms with Crippen molar-refractivity contribution in [3.05, 3.63) is 63.0 Å². The Kier molecular flexibility index (Phi) is 5.22. The monoisotopic (exact) mass is 526 g/mol. The van der Waals surface area contributed by atoms with Crippen LogP contribution in [0.4, 0.5) is 10.6 Å². The third-order valence-corrected chi connectivity index (χ3v) is 8.38. The molecule has 3 atom stereocenters. The van der Waals surface area contributed by atoms with Crippen molar-refractivity contribution in [2.45, 2.75) is 50.1 Å². The zero-order valence-corrected chi connectivity index (χ0v) is 20.4. The zero-order chi connectivity index (χ0) is 22.7. The molecule has 1 N–H and O–H groups in total. The Bertz CT molecular complexity index is 1250. The second-order valence-corrected chi connectivity index (χ2v) is 10.5. The molecule has 2 aromatic carbocycles. The molecule has 2 fully saturated rings. The van der Waals surface area contributed by atoms with Crippen molar-refractivity contribution in [1.82, 2.24) is 14.9 Å². The highest BCUT2D eigenvalue weighted by Crippen LogP contribution is 2.41. The lowest BCUT2D eigenvalue weighted by atomic mass is 9.80. The van der Waals surface area contributed by atoms with E-state index in [0.29, 0.717) is 19.0 Å². The number of carboxylic acid groups (broad SMARTS) is 1. The van der Waals surface area contributed by atoms with E-state index in [4.69, 9.17) is 11.6 Å². The van der Waals surface area contributed by atoms with Gasteiger partial charge in [0.15, 0.2) is 0 Å². The third-order valence-electron chi connectivity index (χ3n) is 7.55. The normalized spacial score (nSPS) is 24.2. The number of benzene rings is 2. The molecule has 8 heteroatoms. The first-order chi connectivity index (χ1) is 16.0. The van der Waals surface area contributed by atoms with Gasteiger partial charge in [0.05, 0.1) is 17.8 Å². The maximum absolute atomic E-state index is 11.7. The van der Waals surface area contributed by atoms with E-state index in [-0.39, 0.29) is 17.4 Å². The topological polar surface area (TPSA) is 69.6 Å². The highest BCUT2D eigenvalue weighted by molar-refractivity contribution is 9.10. The zero-order valence-electron chi connectivity index (χ0n) is 18.0. The van der Waals surface area contributed by atoms with Crippen LogP contribution in [0.1, 0.15) is 42.0 Å². The summed E-state index contributed by atoms with van der Waals surface area (Å²) in [5.41, 5.74) is 3.55. The van der Waals surface area contributed by atoms with Crippen molar-refractivity contribution in [2.75, 3.05) is 18.0 Å². The average molecular weight is 528 g/mol. The first kappa shape index (κ1) is 21.2. The molecule has 1 aromatic heterocycles. The molecule has 3 unspecified atom stereocenters. The summed E-state index contributed by atoms with van der Waals surface area (Å²) in [5, 5.41) is 12.4. The van der Waals surface area contributed by atoms with Crippen molar-refractivity contribution < 1.29 is 9.90 Å². The molecule has 3 heterocycles. The van der Waals surface area contributed by atoms with Crippen molar-refractivity contribution in [1.29, 1.82) is 0 Å². The number of anilines is 1. The lowest BCUT2D eigenvalue weighted by Crippen LogP contribution is -2.56. The Labute approximate surface area is 205 Å². The highest BCUT2D eigenvalue weighted by Gasteiger charge is 2.44. The summed E-state index contributed by atoms with van der Waals surface area (Å²) in [6.07, 6.45) is 3.75. The summed E-state index contributed by atoms with van der Waals surface area (Å²) in [4.78, 5) is 24.9. The van der Waals surface area contributed by atoms with Gasteiger partial charge in [-0.2, -0.15) is 0 Å². The van der Waals surface area contributed by atoms with E-state index in [1.165, 1.54) is 21.9 Å². The predicted molar refractivity (Wildman–Crippen MR) is 132 cm³/mol. The molecule has 6 rings (SSSR count). The highest BCUT2D eigenvalue weighted by atomic mass is 79.9. The molecule has 2 aliphatic heterocycles. The van der Waals surface area contributed by atoms with Crippen LogP contribution >= 0.6 is 27.5 Å². The molecule has 1 aliphatic carbocycles. The first-order valence-corrected chi connectivity index (χ1v) is 12.7. The van der Waals surface area contributed by atoms with Gasteiger partial charge in [-0.05, 0) is 72.0 Å². The maximum atomic E-state index is 11.7. The van der Waals surface area contributed by atoms with Crippen LogP contribution in [0.5, 0.6) is 0 Å². The van der Waals surface area contributed by atoms with Gasteiger partial charge in [0.2, 0.25) is 5.28 Å². The van der Waals surface area contributed by atoms with Crippen molar-refractivity contribution in [2.24, 2.45) is 0 Å². The largest absolute Gasteiger partial charge is 0.465 e. The minimum atomic E-state index is -0.811. The van der Waals surface area contributed by atoms with Gasteiger partial charge in [-0.25, -0.2) is 14.8 Å². The molecular weight excluding hydrogens is 504 g/mol. The Morgan fingerprint density at radius 2 is 1.79 bits per heavy atom. The van der Waals surface area contributed by atoms with E-state index in [2.05, 4.69) is 67.2 Å². The first-order valence-electron chi connectivity index (χ1n) is 11.5. The molecule has 33 heavy (non-hydrogen) atoms. The lowest BCUT2D eigenvalue weighted by Gasteiger charge is -2.41. The third kappa shape index (κ3) is 3.56. The summed E-state index contributed by atoms with van der Waals surface area (Å²) < 4.78 is 1.12. The van der Waals surface area contributed by atoms with E-state index >= 15 is 0 Å². The van der Waals surface area contributed by atoms with Crippen LogP contribution in [-0.2, 0) is 12.8 Å². The van der Waals surface area contributed by atoms with Crippen molar-refractivity contribution in [3.8, 4) is 0 Å². The van der Waals surface area contributed by atoms with Gasteiger partial charge >= 0.3 is 6.09 Å². The summed E-state index contributed by atoms with van der Waals surface area (Å²) >= 11 is 10.2. The number of hydrogen-bond acceptors (Lipinski definition) is 4. The standard InChI is InChI=1S/C25H24BrClN4O2/c26-20-6-2-4-14-3-1-5-18(22(14)20)15-7-10-19-21(11-15)28-24(27)29-23(19)30-12-16-8-9-17(13-30)31(16)25(32)33/h1-6,15-17H,7-13H2,(H,32,33). The summed E-state index contributed by atoms with van der Waals surface area (Å²) in [7, 11) is 0. The number of carbonyl (C=O) groups is 1. The van der Waals surface area contributed by atoms with Gasteiger partial charge in [0.25, 0.3) is 0 Å². The molecule has 0 spiro atoms.